The second-order valence-electron chi connectivity index (χ2n) is 8.25. The van der Waals surface area contributed by atoms with E-state index in [2.05, 4.69) is 20.8 Å². The normalized spacial score (nSPS) is 10.6. The van der Waals surface area contributed by atoms with Crippen molar-refractivity contribution < 1.29 is 38.1 Å². The van der Waals surface area contributed by atoms with Crippen LogP contribution in [0, 0.1) is 6.92 Å². The van der Waals surface area contributed by atoms with Gasteiger partial charge in [-0.05, 0) is 44.5 Å². The largest absolute Gasteiger partial charge is 0.493 e. The number of carbonyl (C=O) groups is 4. The number of thioether (sulfide) groups is 1. The van der Waals surface area contributed by atoms with Gasteiger partial charge < -0.3 is 34.1 Å². The summed E-state index contributed by atoms with van der Waals surface area (Å²) in [6.45, 7) is 5.34. The maximum Gasteiger partial charge on any atom is 0.348 e. The molecule has 0 aliphatic heterocycles. The van der Waals surface area contributed by atoms with E-state index in [0.29, 0.717) is 33.6 Å². The molecule has 0 saturated heterocycles. The van der Waals surface area contributed by atoms with E-state index in [1.807, 2.05) is 0 Å². The van der Waals surface area contributed by atoms with Gasteiger partial charge in [0.05, 0.1) is 45.3 Å². The molecule has 15 heteroatoms. The zero-order chi connectivity index (χ0) is 30.1. The van der Waals surface area contributed by atoms with E-state index in [0.717, 1.165) is 23.1 Å². The Hall–Kier alpha value is -4.11. The first-order chi connectivity index (χ1) is 19.6. The summed E-state index contributed by atoms with van der Waals surface area (Å²) < 4.78 is 22.3. The predicted octanol–water partition coefficient (Wildman–Crippen LogP) is 3.22. The lowest BCUT2D eigenvalue weighted by atomic mass is 10.1. The molecule has 0 fully saturated rings. The summed E-state index contributed by atoms with van der Waals surface area (Å²) >= 11 is 2.07. The quantitative estimate of drug-likeness (QED) is 0.217. The smallest absolute Gasteiger partial charge is 0.348 e. The highest BCUT2D eigenvalue weighted by Crippen LogP contribution is 2.34. The number of ether oxygens (including phenoxy) is 4. The molecule has 0 bridgehead atoms. The fourth-order valence-corrected chi connectivity index (χ4v) is 5.43. The van der Waals surface area contributed by atoms with E-state index in [1.165, 1.54) is 14.2 Å². The number of methoxy groups -OCH3 is 2. The summed E-state index contributed by atoms with van der Waals surface area (Å²) in [5.74, 6) is -0.643. The standard InChI is InChI=1S/C26H31N5O8S2/c1-7-38-24(34)20-14(3)21(25(35)39-8-2)41-23(20)28-19(32)13-40-26-30-29-18(31(26)4)12-27-22(33)15-9-10-16(36-5)17(11-15)37-6/h9-11H,7-8,12-13H2,1-6H3,(H,27,33)(H,28,32). The van der Waals surface area contributed by atoms with Crippen molar-refractivity contribution in [1.29, 1.82) is 0 Å². The molecular formula is C26H31N5O8S2. The highest BCUT2D eigenvalue weighted by atomic mass is 32.2. The molecule has 2 heterocycles. The van der Waals surface area contributed by atoms with Crippen LogP contribution in [0.25, 0.3) is 0 Å². The number of hydrogen-bond acceptors (Lipinski definition) is 12. The summed E-state index contributed by atoms with van der Waals surface area (Å²) in [5.41, 5.74) is 0.876. The molecule has 0 unspecified atom stereocenters. The summed E-state index contributed by atoms with van der Waals surface area (Å²) in [6, 6.07) is 4.83. The van der Waals surface area contributed by atoms with Gasteiger partial charge in [-0.2, -0.15) is 0 Å². The van der Waals surface area contributed by atoms with Crippen molar-refractivity contribution in [3.8, 4) is 11.5 Å². The van der Waals surface area contributed by atoms with E-state index in [4.69, 9.17) is 18.9 Å². The van der Waals surface area contributed by atoms with Crippen LogP contribution in [0.4, 0.5) is 5.00 Å². The summed E-state index contributed by atoms with van der Waals surface area (Å²) in [5, 5.41) is 14.3. The zero-order valence-corrected chi connectivity index (χ0v) is 25.1. The SMILES string of the molecule is CCOC(=O)c1sc(NC(=O)CSc2nnc(CNC(=O)c3ccc(OC)c(OC)c3)n2C)c(C(=O)OCC)c1C. The molecule has 1 aromatic carbocycles. The van der Waals surface area contributed by atoms with Gasteiger partial charge >= 0.3 is 11.9 Å². The zero-order valence-electron chi connectivity index (χ0n) is 23.5. The Morgan fingerprint density at radius 1 is 1.00 bits per heavy atom. The minimum absolute atomic E-state index is 0.0576. The Balaban J connectivity index is 1.64. The van der Waals surface area contributed by atoms with Crippen LogP contribution in [0.3, 0.4) is 0 Å². The molecule has 220 valence electrons. The number of anilines is 1. The van der Waals surface area contributed by atoms with E-state index in [9.17, 15) is 19.2 Å². The van der Waals surface area contributed by atoms with E-state index in [1.54, 1.807) is 50.6 Å². The third kappa shape index (κ3) is 7.55. The Morgan fingerprint density at radius 3 is 2.34 bits per heavy atom. The van der Waals surface area contributed by atoms with Crippen molar-refractivity contribution in [2.24, 2.45) is 7.05 Å². The van der Waals surface area contributed by atoms with Crippen LogP contribution in [0.2, 0.25) is 0 Å². The van der Waals surface area contributed by atoms with Crippen molar-refractivity contribution >= 4 is 51.9 Å². The van der Waals surface area contributed by atoms with Crippen molar-refractivity contribution in [2.45, 2.75) is 32.5 Å². The second-order valence-corrected chi connectivity index (χ2v) is 10.2. The van der Waals surface area contributed by atoms with Crippen molar-refractivity contribution in [1.82, 2.24) is 20.1 Å². The van der Waals surface area contributed by atoms with Gasteiger partial charge in [-0.15, -0.1) is 21.5 Å². The molecule has 0 spiro atoms. The van der Waals surface area contributed by atoms with Crippen LogP contribution < -0.4 is 20.1 Å². The van der Waals surface area contributed by atoms with Gasteiger partial charge in [0.15, 0.2) is 22.5 Å². The number of carbonyl (C=O) groups excluding carboxylic acids is 4. The van der Waals surface area contributed by atoms with Gasteiger partial charge in [-0.25, -0.2) is 9.59 Å². The summed E-state index contributed by atoms with van der Waals surface area (Å²) in [6.07, 6.45) is 0. The maximum atomic E-state index is 12.8. The fraction of sp³-hybridized carbons (Fsp3) is 0.385. The average molecular weight is 606 g/mol. The van der Waals surface area contributed by atoms with Crippen LogP contribution in [0.1, 0.15) is 55.6 Å². The number of nitrogens with one attached hydrogen (secondary N) is 2. The first kappa shape index (κ1) is 31.4. The highest BCUT2D eigenvalue weighted by molar-refractivity contribution is 7.99. The number of rotatable bonds is 13. The average Bonchev–Trinajstić information content (AvgIpc) is 3.48. The second kappa shape index (κ2) is 14.5. The van der Waals surface area contributed by atoms with Gasteiger partial charge in [0.1, 0.15) is 9.88 Å². The molecule has 3 aromatic rings. The monoisotopic (exact) mass is 605 g/mol. The first-order valence-corrected chi connectivity index (χ1v) is 14.2. The number of thiophene rings is 1. The summed E-state index contributed by atoms with van der Waals surface area (Å²) in [7, 11) is 4.71. The Labute approximate surface area is 244 Å². The first-order valence-electron chi connectivity index (χ1n) is 12.4. The van der Waals surface area contributed by atoms with Crippen molar-refractivity contribution in [3.63, 3.8) is 0 Å². The lowest BCUT2D eigenvalue weighted by Gasteiger charge is -2.10. The summed E-state index contributed by atoms with van der Waals surface area (Å²) in [4.78, 5) is 50.5. The molecule has 3 rings (SSSR count). The topological polar surface area (TPSA) is 160 Å². The lowest BCUT2D eigenvalue weighted by Crippen LogP contribution is -2.24. The molecular weight excluding hydrogens is 574 g/mol. The molecule has 2 aromatic heterocycles. The van der Waals surface area contributed by atoms with Gasteiger partial charge in [-0.3, -0.25) is 9.59 Å². The van der Waals surface area contributed by atoms with E-state index < -0.39 is 17.8 Å². The number of benzene rings is 1. The number of esters is 2. The van der Waals surface area contributed by atoms with Crippen LogP contribution in [0.15, 0.2) is 23.4 Å². The maximum absolute atomic E-state index is 12.8. The molecule has 2 amide bonds. The van der Waals surface area contributed by atoms with E-state index in [-0.39, 0.29) is 46.9 Å². The van der Waals surface area contributed by atoms with Crippen LogP contribution in [-0.4, -0.2) is 71.7 Å². The van der Waals surface area contributed by atoms with Gasteiger partial charge in [-0.1, -0.05) is 11.8 Å². The predicted molar refractivity (Wildman–Crippen MR) is 152 cm³/mol. The molecule has 0 radical (unpaired) electrons. The fourth-order valence-electron chi connectivity index (χ4n) is 3.60. The van der Waals surface area contributed by atoms with Gasteiger partial charge in [0.25, 0.3) is 5.91 Å². The molecule has 0 aliphatic rings. The minimum Gasteiger partial charge on any atom is -0.493 e. The Morgan fingerprint density at radius 2 is 1.68 bits per heavy atom. The van der Waals surface area contributed by atoms with Gasteiger partial charge in [0, 0.05) is 12.6 Å². The number of aromatic nitrogens is 3. The molecule has 0 aliphatic carbocycles. The van der Waals surface area contributed by atoms with Crippen LogP contribution >= 0.6 is 23.1 Å². The lowest BCUT2D eigenvalue weighted by molar-refractivity contribution is -0.113. The molecule has 0 atom stereocenters. The number of amides is 2. The molecule has 2 N–H and O–H groups in total. The third-order valence-electron chi connectivity index (χ3n) is 5.65. The Bertz CT molecular complexity index is 1440. The number of hydrogen-bond donors (Lipinski definition) is 2. The van der Waals surface area contributed by atoms with Crippen molar-refractivity contribution in [2.75, 3.05) is 38.5 Å². The van der Waals surface area contributed by atoms with Crippen molar-refractivity contribution in [3.05, 3.63) is 45.6 Å². The van der Waals surface area contributed by atoms with Crippen LogP contribution in [0.5, 0.6) is 11.5 Å². The van der Waals surface area contributed by atoms with E-state index >= 15 is 0 Å². The molecule has 41 heavy (non-hydrogen) atoms. The van der Waals surface area contributed by atoms with Crippen LogP contribution in [-0.2, 0) is 27.9 Å². The third-order valence-corrected chi connectivity index (χ3v) is 7.86. The Kier molecular flexibility index (Phi) is 11.1. The van der Waals surface area contributed by atoms with Gasteiger partial charge in [0.2, 0.25) is 5.91 Å². The molecule has 0 saturated carbocycles. The minimum atomic E-state index is -0.646. The number of nitrogens with zero attached hydrogens (tertiary/aromatic N) is 3. The highest BCUT2D eigenvalue weighted by Gasteiger charge is 2.27. The molecule has 13 nitrogen and oxygen atoms in total.